The molecule has 0 aliphatic heterocycles. The molecule has 0 fully saturated rings. The van der Waals surface area contributed by atoms with Crippen molar-refractivity contribution in [1.82, 2.24) is 4.90 Å². The molecule has 1 aromatic carbocycles. The number of primary sulfonamides is 1. The number of hydrogen-bond acceptors (Lipinski definition) is 3. The van der Waals surface area contributed by atoms with Crippen LogP contribution in [-0.4, -0.2) is 32.3 Å². The van der Waals surface area contributed by atoms with Crippen molar-refractivity contribution in [2.75, 3.05) is 13.1 Å². The Morgan fingerprint density at radius 3 is 2.43 bits per heavy atom. The number of amides is 1. The number of halogens is 2. The summed E-state index contributed by atoms with van der Waals surface area (Å²) in [4.78, 5) is 13.5. The minimum absolute atomic E-state index is 0.0396. The Morgan fingerprint density at radius 2 is 2.00 bits per heavy atom. The highest BCUT2D eigenvalue weighted by Crippen LogP contribution is 2.26. The summed E-state index contributed by atoms with van der Waals surface area (Å²) in [6.07, 6.45) is 0. The van der Waals surface area contributed by atoms with Crippen LogP contribution in [0.15, 0.2) is 21.5 Å². The van der Waals surface area contributed by atoms with Crippen molar-refractivity contribution < 1.29 is 17.6 Å². The van der Waals surface area contributed by atoms with Crippen LogP contribution in [-0.2, 0) is 10.0 Å². The molecule has 2 N–H and O–H groups in total. The SMILES string of the molecule is CCN(CC(C)C)C(=O)c1cc(F)c(Br)c(S(N)(=O)=O)c1. The smallest absolute Gasteiger partial charge is 0.254 e. The van der Waals surface area contributed by atoms with Gasteiger partial charge in [-0.15, -0.1) is 0 Å². The standard InChI is InChI=1S/C13H18BrFN2O3S/c1-4-17(7-8(2)3)13(18)9-5-10(15)12(14)11(6-9)21(16,19)20/h5-6,8H,4,7H2,1-3H3,(H2,16,19,20). The fraction of sp³-hybridized carbons (Fsp3) is 0.462. The Hall–Kier alpha value is -0.990. The number of nitrogens with zero attached hydrogens (tertiary/aromatic N) is 1. The van der Waals surface area contributed by atoms with E-state index in [4.69, 9.17) is 5.14 Å². The lowest BCUT2D eigenvalue weighted by atomic mass is 10.1. The minimum atomic E-state index is -4.13. The van der Waals surface area contributed by atoms with Crippen LogP contribution in [0.4, 0.5) is 4.39 Å². The van der Waals surface area contributed by atoms with Crippen molar-refractivity contribution in [2.45, 2.75) is 25.7 Å². The van der Waals surface area contributed by atoms with E-state index < -0.39 is 26.6 Å². The Kier molecular flexibility index (Phi) is 5.89. The molecule has 0 saturated carbocycles. The molecular formula is C13H18BrFN2O3S. The van der Waals surface area contributed by atoms with Crippen LogP contribution in [0.25, 0.3) is 0 Å². The van der Waals surface area contributed by atoms with Crippen molar-refractivity contribution in [3.05, 3.63) is 28.0 Å². The molecule has 21 heavy (non-hydrogen) atoms. The van der Waals surface area contributed by atoms with Gasteiger partial charge in [0.15, 0.2) is 0 Å². The van der Waals surface area contributed by atoms with Gasteiger partial charge >= 0.3 is 0 Å². The first-order valence-electron chi connectivity index (χ1n) is 6.39. The first-order chi connectivity index (χ1) is 9.57. The summed E-state index contributed by atoms with van der Waals surface area (Å²) in [5.74, 6) is -1.03. The highest BCUT2D eigenvalue weighted by molar-refractivity contribution is 9.10. The third kappa shape index (κ3) is 4.49. The molecule has 0 bridgehead atoms. The van der Waals surface area contributed by atoms with Gasteiger partial charge in [0, 0.05) is 18.7 Å². The van der Waals surface area contributed by atoms with Crippen molar-refractivity contribution in [2.24, 2.45) is 11.1 Å². The minimum Gasteiger partial charge on any atom is -0.339 e. The second-order valence-corrected chi connectivity index (χ2v) is 7.38. The summed E-state index contributed by atoms with van der Waals surface area (Å²) in [5.41, 5.74) is -0.0396. The predicted octanol–water partition coefficient (Wildman–Crippen LogP) is 2.35. The lowest BCUT2D eigenvalue weighted by Gasteiger charge is -2.23. The maximum Gasteiger partial charge on any atom is 0.254 e. The van der Waals surface area contributed by atoms with E-state index in [1.165, 1.54) is 4.90 Å². The number of carbonyl (C=O) groups is 1. The van der Waals surface area contributed by atoms with Crippen molar-refractivity contribution in [1.29, 1.82) is 0 Å². The molecule has 0 aliphatic rings. The normalized spacial score (nSPS) is 11.8. The molecular weight excluding hydrogens is 363 g/mol. The van der Waals surface area contributed by atoms with E-state index >= 15 is 0 Å². The highest BCUT2D eigenvalue weighted by atomic mass is 79.9. The van der Waals surface area contributed by atoms with Gasteiger partial charge in [-0.1, -0.05) is 13.8 Å². The fourth-order valence-electron chi connectivity index (χ4n) is 1.87. The fourth-order valence-corrected chi connectivity index (χ4v) is 3.42. The van der Waals surface area contributed by atoms with Crippen LogP contribution < -0.4 is 5.14 Å². The Labute approximate surface area is 132 Å². The second-order valence-electron chi connectivity index (χ2n) is 5.05. The highest BCUT2D eigenvalue weighted by Gasteiger charge is 2.22. The van der Waals surface area contributed by atoms with Crippen LogP contribution in [0.5, 0.6) is 0 Å². The summed E-state index contributed by atoms with van der Waals surface area (Å²) in [6.45, 7) is 6.65. The molecule has 0 atom stereocenters. The van der Waals surface area contributed by atoms with Gasteiger partial charge < -0.3 is 4.90 Å². The molecule has 0 aliphatic carbocycles. The van der Waals surface area contributed by atoms with Gasteiger partial charge in [0.1, 0.15) is 5.82 Å². The number of nitrogens with two attached hydrogens (primary N) is 1. The zero-order valence-corrected chi connectivity index (χ0v) is 14.5. The van der Waals surface area contributed by atoms with Crippen molar-refractivity contribution in [3.63, 3.8) is 0 Å². The van der Waals surface area contributed by atoms with Gasteiger partial charge in [-0.2, -0.15) is 0 Å². The number of hydrogen-bond donors (Lipinski definition) is 1. The molecule has 118 valence electrons. The lowest BCUT2D eigenvalue weighted by Crippen LogP contribution is -2.34. The van der Waals surface area contributed by atoms with Gasteiger partial charge in [0.2, 0.25) is 10.0 Å². The summed E-state index contributed by atoms with van der Waals surface area (Å²) < 4.78 is 36.5. The van der Waals surface area contributed by atoms with Crippen LogP contribution in [0.3, 0.4) is 0 Å². The molecule has 0 heterocycles. The topological polar surface area (TPSA) is 80.5 Å². The zero-order chi connectivity index (χ0) is 16.4. The van der Waals surface area contributed by atoms with E-state index in [9.17, 15) is 17.6 Å². The van der Waals surface area contributed by atoms with Crippen molar-refractivity contribution >= 4 is 31.9 Å². The van der Waals surface area contributed by atoms with Crippen LogP contribution in [0.1, 0.15) is 31.1 Å². The average molecular weight is 381 g/mol. The first kappa shape index (κ1) is 18.1. The van der Waals surface area contributed by atoms with Gasteiger partial charge in [-0.25, -0.2) is 17.9 Å². The van der Waals surface area contributed by atoms with Gasteiger partial charge in [-0.3, -0.25) is 4.79 Å². The maximum atomic E-state index is 13.8. The van der Waals surface area contributed by atoms with Gasteiger partial charge in [0.05, 0.1) is 9.37 Å². The second kappa shape index (κ2) is 6.85. The molecule has 0 spiro atoms. The molecule has 0 radical (unpaired) electrons. The molecule has 0 aromatic heterocycles. The van der Waals surface area contributed by atoms with Gasteiger partial charge in [0.25, 0.3) is 5.91 Å². The average Bonchev–Trinajstić information content (AvgIpc) is 2.36. The summed E-state index contributed by atoms with van der Waals surface area (Å²) in [6, 6.07) is 2.10. The van der Waals surface area contributed by atoms with Gasteiger partial charge in [-0.05, 0) is 40.9 Å². The number of sulfonamides is 1. The molecule has 1 rings (SSSR count). The number of rotatable bonds is 5. The van der Waals surface area contributed by atoms with Crippen LogP contribution in [0, 0.1) is 11.7 Å². The molecule has 1 aromatic rings. The Balaban J connectivity index is 3.31. The monoisotopic (exact) mass is 380 g/mol. The van der Waals surface area contributed by atoms with Crippen molar-refractivity contribution in [3.8, 4) is 0 Å². The predicted molar refractivity (Wildman–Crippen MR) is 81.9 cm³/mol. The van der Waals surface area contributed by atoms with E-state index in [1.807, 2.05) is 13.8 Å². The molecule has 8 heteroatoms. The van der Waals surface area contributed by atoms with Crippen LogP contribution in [0.2, 0.25) is 0 Å². The third-order valence-electron chi connectivity index (χ3n) is 2.80. The largest absolute Gasteiger partial charge is 0.339 e. The Bertz CT molecular complexity index is 647. The summed E-state index contributed by atoms with van der Waals surface area (Å²) >= 11 is 2.83. The first-order valence-corrected chi connectivity index (χ1v) is 8.73. The summed E-state index contributed by atoms with van der Waals surface area (Å²) in [7, 11) is -4.13. The lowest BCUT2D eigenvalue weighted by molar-refractivity contribution is 0.0745. The molecule has 5 nitrogen and oxygen atoms in total. The van der Waals surface area contributed by atoms with E-state index in [2.05, 4.69) is 15.9 Å². The van der Waals surface area contributed by atoms with E-state index in [-0.39, 0.29) is 16.0 Å². The van der Waals surface area contributed by atoms with E-state index in [0.29, 0.717) is 13.1 Å². The molecule has 0 saturated heterocycles. The summed E-state index contributed by atoms with van der Waals surface area (Å²) in [5, 5.41) is 5.04. The Morgan fingerprint density at radius 1 is 1.43 bits per heavy atom. The zero-order valence-electron chi connectivity index (χ0n) is 12.1. The molecule has 0 unspecified atom stereocenters. The quantitative estimate of drug-likeness (QED) is 0.850. The molecule has 1 amide bonds. The number of carbonyl (C=O) groups excluding carboxylic acids is 1. The maximum absolute atomic E-state index is 13.8. The van der Waals surface area contributed by atoms with Crippen LogP contribution >= 0.6 is 15.9 Å². The third-order valence-corrected chi connectivity index (χ3v) is 4.81. The van der Waals surface area contributed by atoms with E-state index in [0.717, 1.165) is 12.1 Å². The number of benzene rings is 1. The van der Waals surface area contributed by atoms with E-state index in [1.54, 1.807) is 6.92 Å².